The molecule has 2 aromatic carbocycles. The van der Waals surface area contributed by atoms with Crippen molar-refractivity contribution in [2.75, 3.05) is 5.32 Å². The van der Waals surface area contributed by atoms with Crippen LogP contribution in [0, 0.1) is 0 Å². The molecule has 1 amide bonds. The molecular formula is C15H9Cl2N3OS2. The van der Waals surface area contributed by atoms with Crippen molar-refractivity contribution in [3.8, 4) is 0 Å². The van der Waals surface area contributed by atoms with Gasteiger partial charge in [0.1, 0.15) is 5.52 Å². The van der Waals surface area contributed by atoms with Gasteiger partial charge in [0.05, 0.1) is 9.72 Å². The molecule has 116 valence electrons. The molecule has 8 heteroatoms. The maximum atomic E-state index is 12.1. The fourth-order valence-electron chi connectivity index (χ4n) is 1.90. The minimum absolute atomic E-state index is 0.158. The molecule has 2 N–H and O–H groups in total. The summed E-state index contributed by atoms with van der Waals surface area (Å²) in [4.78, 5) is 16.5. The van der Waals surface area contributed by atoms with Gasteiger partial charge in [-0.25, -0.2) is 4.98 Å². The molecule has 1 heterocycles. The van der Waals surface area contributed by atoms with Gasteiger partial charge in [-0.05, 0) is 42.5 Å². The molecule has 0 atom stereocenters. The fraction of sp³-hybridized carbons (Fsp3) is 0. The Kier molecular flexibility index (Phi) is 4.77. The lowest BCUT2D eigenvalue weighted by Gasteiger charge is -2.07. The smallest absolute Gasteiger partial charge is 0.257 e. The lowest BCUT2D eigenvalue weighted by atomic mass is 10.2. The van der Waals surface area contributed by atoms with Crippen molar-refractivity contribution in [3.63, 3.8) is 0 Å². The van der Waals surface area contributed by atoms with E-state index in [-0.39, 0.29) is 11.0 Å². The number of carbonyl (C=O) groups excluding carboxylic acids is 1. The van der Waals surface area contributed by atoms with Gasteiger partial charge in [0.15, 0.2) is 10.2 Å². The third kappa shape index (κ3) is 3.79. The van der Waals surface area contributed by atoms with Crippen LogP contribution in [0.3, 0.4) is 0 Å². The monoisotopic (exact) mass is 381 g/mol. The molecule has 0 bridgehead atoms. The van der Waals surface area contributed by atoms with E-state index in [2.05, 4.69) is 15.6 Å². The SMILES string of the molecule is O=C(NC(=S)Nc1nc2c(Cl)cccc2s1)c1cccc(Cl)c1. The molecule has 0 unspecified atom stereocenters. The van der Waals surface area contributed by atoms with Crippen molar-refractivity contribution in [2.24, 2.45) is 0 Å². The molecule has 0 fully saturated rings. The van der Waals surface area contributed by atoms with E-state index in [1.807, 2.05) is 12.1 Å². The van der Waals surface area contributed by atoms with E-state index in [4.69, 9.17) is 35.4 Å². The predicted molar refractivity (Wildman–Crippen MR) is 99.8 cm³/mol. The number of fused-ring (bicyclic) bond motifs is 1. The lowest BCUT2D eigenvalue weighted by Crippen LogP contribution is -2.34. The van der Waals surface area contributed by atoms with Gasteiger partial charge < -0.3 is 5.32 Å². The maximum absolute atomic E-state index is 12.1. The highest BCUT2D eigenvalue weighted by atomic mass is 35.5. The fourth-order valence-corrected chi connectivity index (χ4v) is 3.52. The van der Waals surface area contributed by atoms with Crippen LogP contribution in [0.4, 0.5) is 5.13 Å². The van der Waals surface area contributed by atoms with Crippen LogP contribution in [0.25, 0.3) is 10.2 Å². The number of aromatic nitrogens is 1. The Labute approximate surface area is 151 Å². The molecule has 0 spiro atoms. The van der Waals surface area contributed by atoms with Gasteiger partial charge in [0.2, 0.25) is 0 Å². The molecule has 0 radical (unpaired) electrons. The minimum Gasteiger partial charge on any atom is -0.308 e. The number of para-hydroxylation sites is 1. The highest BCUT2D eigenvalue weighted by Gasteiger charge is 2.11. The quantitative estimate of drug-likeness (QED) is 0.630. The number of hydrogen-bond acceptors (Lipinski definition) is 4. The molecule has 0 aliphatic carbocycles. The van der Waals surface area contributed by atoms with Gasteiger partial charge in [-0.15, -0.1) is 0 Å². The van der Waals surface area contributed by atoms with Gasteiger partial charge in [-0.1, -0.05) is 46.7 Å². The summed E-state index contributed by atoms with van der Waals surface area (Å²) in [5.41, 5.74) is 1.12. The number of amides is 1. The van der Waals surface area contributed by atoms with Crippen molar-refractivity contribution in [2.45, 2.75) is 0 Å². The van der Waals surface area contributed by atoms with E-state index in [1.165, 1.54) is 11.3 Å². The number of nitrogens with zero attached hydrogens (tertiary/aromatic N) is 1. The summed E-state index contributed by atoms with van der Waals surface area (Å²) < 4.78 is 0.934. The van der Waals surface area contributed by atoms with Crippen LogP contribution in [0.1, 0.15) is 10.4 Å². The van der Waals surface area contributed by atoms with Crippen LogP contribution in [0.15, 0.2) is 42.5 Å². The van der Waals surface area contributed by atoms with E-state index < -0.39 is 0 Å². The summed E-state index contributed by atoms with van der Waals surface area (Å²) in [6, 6.07) is 12.2. The summed E-state index contributed by atoms with van der Waals surface area (Å²) in [6.07, 6.45) is 0. The average Bonchev–Trinajstić information content (AvgIpc) is 2.91. The Hall–Kier alpha value is -1.73. The average molecular weight is 382 g/mol. The van der Waals surface area contributed by atoms with Crippen LogP contribution in [-0.4, -0.2) is 16.0 Å². The van der Waals surface area contributed by atoms with Crippen molar-refractivity contribution in [1.82, 2.24) is 10.3 Å². The first-order chi connectivity index (χ1) is 11.0. The van der Waals surface area contributed by atoms with Crippen molar-refractivity contribution in [3.05, 3.63) is 58.1 Å². The van der Waals surface area contributed by atoms with Crippen molar-refractivity contribution in [1.29, 1.82) is 0 Å². The molecule has 1 aromatic heterocycles. The normalized spacial score (nSPS) is 10.5. The first-order valence-corrected chi connectivity index (χ1v) is 8.44. The first-order valence-electron chi connectivity index (χ1n) is 6.46. The Morgan fingerprint density at radius 2 is 1.96 bits per heavy atom. The number of rotatable bonds is 2. The standard InChI is InChI=1S/C15H9Cl2N3OS2/c16-9-4-1-3-8(7-9)13(21)19-14(22)20-15-18-12-10(17)5-2-6-11(12)23-15/h1-7H,(H2,18,19,20,21,22). The number of thiocarbonyl (C=S) groups is 1. The van der Waals surface area contributed by atoms with E-state index in [9.17, 15) is 4.79 Å². The highest BCUT2D eigenvalue weighted by molar-refractivity contribution is 7.80. The van der Waals surface area contributed by atoms with Gasteiger partial charge in [0, 0.05) is 10.6 Å². The number of anilines is 1. The van der Waals surface area contributed by atoms with Crippen molar-refractivity contribution >= 4 is 73.1 Å². The molecule has 0 saturated carbocycles. The van der Waals surface area contributed by atoms with Gasteiger partial charge >= 0.3 is 0 Å². The molecule has 0 aliphatic rings. The van der Waals surface area contributed by atoms with Gasteiger partial charge in [-0.2, -0.15) is 0 Å². The molecule has 4 nitrogen and oxygen atoms in total. The Bertz CT molecular complexity index is 911. The Morgan fingerprint density at radius 1 is 1.17 bits per heavy atom. The van der Waals surface area contributed by atoms with Gasteiger partial charge in [0.25, 0.3) is 5.91 Å². The number of nitrogens with one attached hydrogen (secondary N) is 2. The topological polar surface area (TPSA) is 54.0 Å². The predicted octanol–water partition coefficient (Wildman–Crippen LogP) is 4.73. The zero-order valence-electron chi connectivity index (χ0n) is 11.5. The number of thiazole rings is 1. The molecule has 3 aromatic rings. The number of halogens is 2. The Balaban J connectivity index is 1.71. The molecule has 23 heavy (non-hydrogen) atoms. The van der Waals surface area contributed by atoms with Crippen LogP contribution in [-0.2, 0) is 0 Å². The lowest BCUT2D eigenvalue weighted by molar-refractivity contribution is 0.0977. The van der Waals surface area contributed by atoms with Crippen LogP contribution in [0.2, 0.25) is 10.0 Å². The van der Waals surface area contributed by atoms with E-state index in [0.717, 1.165) is 4.70 Å². The van der Waals surface area contributed by atoms with Crippen molar-refractivity contribution < 1.29 is 4.79 Å². The van der Waals surface area contributed by atoms with Gasteiger partial charge in [-0.3, -0.25) is 10.1 Å². The van der Waals surface area contributed by atoms with E-state index in [1.54, 1.807) is 30.3 Å². The zero-order valence-corrected chi connectivity index (χ0v) is 14.6. The second kappa shape index (κ2) is 6.80. The number of benzene rings is 2. The van der Waals surface area contributed by atoms with Crippen LogP contribution in [0.5, 0.6) is 0 Å². The minimum atomic E-state index is -0.343. The number of hydrogen-bond donors (Lipinski definition) is 2. The maximum Gasteiger partial charge on any atom is 0.257 e. The summed E-state index contributed by atoms with van der Waals surface area (Å²) in [5.74, 6) is -0.343. The molecule has 0 aliphatic heterocycles. The second-order valence-corrected chi connectivity index (χ2v) is 6.81. The van der Waals surface area contributed by atoms with E-state index in [0.29, 0.717) is 26.3 Å². The number of carbonyl (C=O) groups is 1. The first kappa shape index (κ1) is 16.1. The zero-order chi connectivity index (χ0) is 16.4. The van der Waals surface area contributed by atoms with Crippen LogP contribution < -0.4 is 10.6 Å². The molecular weight excluding hydrogens is 373 g/mol. The van der Waals surface area contributed by atoms with E-state index >= 15 is 0 Å². The summed E-state index contributed by atoms with van der Waals surface area (Å²) >= 11 is 18.5. The summed E-state index contributed by atoms with van der Waals surface area (Å²) in [5, 5.41) is 7.25. The highest BCUT2D eigenvalue weighted by Crippen LogP contribution is 2.30. The summed E-state index contributed by atoms with van der Waals surface area (Å²) in [6.45, 7) is 0. The Morgan fingerprint density at radius 3 is 2.70 bits per heavy atom. The summed E-state index contributed by atoms with van der Waals surface area (Å²) in [7, 11) is 0. The molecule has 0 saturated heterocycles. The third-order valence-electron chi connectivity index (χ3n) is 2.90. The third-order valence-corrected chi connectivity index (χ3v) is 4.58. The van der Waals surface area contributed by atoms with Crippen LogP contribution >= 0.6 is 46.8 Å². The largest absolute Gasteiger partial charge is 0.308 e. The second-order valence-electron chi connectivity index (χ2n) is 4.52. The molecule has 3 rings (SSSR count).